The summed E-state index contributed by atoms with van der Waals surface area (Å²) in [6.07, 6.45) is -1.12. The van der Waals surface area contributed by atoms with Crippen LogP contribution in [0.15, 0.2) is 158 Å². The number of hydrogen-bond donors (Lipinski definition) is 0. The van der Waals surface area contributed by atoms with E-state index in [1.165, 1.54) is 0 Å². The first-order valence-electron chi connectivity index (χ1n) is 18.9. The Bertz CT molecular complexity index is 2290. The minimum Gasteiger partial charge on any atom is -0.390 e. The van der Waals surface area contributed by atoms with Crippen molar-refractivity contribution in [2.75, 3.05) is 11.5 Å². The molecule has 2 aromatic heterocycles. The van der Waals surface area contributed by atoms with Crippen LogP contribution in [-0.4, -0.2) is 49.4 Å². The van der Waals surface area contributed by atoms with Gasteiger partial charge in [0.25, 0.3) is 0 Å². The third kappa shape index (κ3) is 9.22. The second-order valence-electron chi connectivity index (χ2n) is 13.8. The summed E-state index contributed by atoms with van der Waals surface area (Å²) in [4.78, 5) is 27.8. The standard InChI is InChI=1S/C45H42N6O6/c52-51(53)45-47-42(49(26-33-16-6-1-7-17-33)27-34-18-8-2-9-19-34)39-43(48-45)50(32-46-39)44-41(56-30-37-24-14-5-15-25-37)40(55-29-36-22-12-4-13-23-36)38(57-44)31-54-28-35-20-10-3-11-21-35/h1-25,32,38,40-41,44H,26-31H2/t38-,40-,41-,44-/m1/s1. The van der Waals surface area contributed by atoms with Crippen LogP contribution in [0.25, 0.3) is 11.2 Å². The molecule has 0 radical (unpaired) electrons. The van der Waals surface area contributed by atoms with Gasteiger partial charge >= 0.3 is 5.95 Å². The number of nitro groups is 1. The van der Waals surface area contributed by atoms with Gasteiger partial charge in [0.2, 0.25) is 11.5 Å². The van der Waals surface area contributed by atoms with E-state index in [-0.39, 0.29) is 18.9 Å². The van der Waals surface area contributed by atoms with Crippen LogP contribution in [0.3, 0.4) is 0 Å². The first kappa shape index (κ1) is 37.6. The van der Waals surface area contributed by atoms with Crippen LogP contribution < -0.4 is 4.90 Å². The van der Waals surface area contributed by atoms with Gasteiger partial charge in [-0.25, -0.2) is 4.98 Å². The zero-order valence-electron chi connectivity index (χ0n) is 31.2. The molecule has 0 aliphatic carbocycles. The van der Waals surface area contributed by atoms with Crippen LogP contribution >= 0.6 is 0 Å². The van der Waals surface area contributed by atoms with Crippen LogP contribution in [0.5, 0.6) is 0 Å². The highest BCUT2D eigenvalue weighted by atomic mass is 16.6. The number of anilines is 1. The predicted octanol–water partition coefficient (Wildman–Crippen LogP) is 8.23. The number of aromatic nitrogens is 4. The second-order valence-corrected chi connectivity index (χ2v) is 13.8. The fourth-order valence-corrected chi connectivity index (χ4v) is 7.04. The van der Waals surface area contributed by atoms with Gasteiger partial charge < -0.3 is 34.0 Å². The largest absolute Gasteiger partial charge is 0.473 e. The Morgan fingerprint density at radius 3 is 1.61 bits per heavy atom. The van der Waals surface area contributed by atoms with Crippen molar-refractivity contribution in [3.05, 3.63) is 196 Å². The summed E-state index contributed by atoms with van der Waals surface area (Å²) in [5.41, 5.74) is 5.63. The lowest BCUT2D eigenvalue weighted by Gasteiger charge is -2.25. The summed E-state index contributed by atoms with van der Waals surface area (Å²) < 4.78 is 28.2. The quantitative estimate of drug-likeness (QED) is 0.0662. The van der Waals surface area contributed by atoms with E-state index in [1.54, 1.807) is 10.9 Å². The van der Waals surface area contributed by atoms with Gasteiger partial charge in [-0.3, -0.25) is 4.57 Å². The molecular formula is C45H42N6O6. The van der Waals surface area contributed by atoms with Crippen molar-refractivity contribution < 1.29 is 23.9 Å². The monoisotopic (exact) mass is 762 g/mol. The Balaban J connectivity index is 1.19. The maximum Gasteiger partial charge on any atom is 0.473 e. The average Bonchev–Trinajstić information content (AvgIpc) is 3.84. The zero-order valence-corrected chi connectivity index (χ0v) is 31.2. The van der Waals surface area contributed by atoms with Gasteiger partial charge in [0, 0.05) is 13.1 Å². The number of rotatable bonds is 17. The van der Waals surface area contributed by atoms with Gasteiger partial charge in [-0.05, 0) is 42.7 Å². The molecule has 12 nitrogen and oxygen atoms in total. The molecule has 7 aromatic rings. The molecule has 1 saturated heterocycles. The minimum absolute atomic E-state index is 0.199. The molecule has 0 saturated carbocycles. The third-order valence-corrected chi connectivity index (χ3v) is 9.81. The topological polar surface area (TPSA) is 127 Å². The van der Waals surface area contributed by atoms with E-state index in [2.05, 4.69) is 9.97 Å². The zero-order chi connectivity index (χ0) is 38.8. The van der Waals surface area contributed by atoms with Gasteiger partial charge in [-0.15, -0.1) is 0 Å². The smallest absolute Gasteiger partial charge is 0.390 e. The fourth-order valence-electron chi connectivity index (χ4n) is 7.04. The van der Waals surface area contributed by atoms with Crippen LogP contribution in [0.4, 0.5) is 11.8 Å². The van der Waals surface area contributed by atoms with Gasteiger partial charge in [0.1, 0.15) is 24.6 Å². The Morgan fingerprint density at radius 2 is 1.11 bits per heavy atom. The SMILES string of the molecule is O=[N+]([O-])c1nc(N(Cc2ccccc2)Cc2ccccc2)c2ncn([C@@H]3O[C@H](COCc4ccccc4)[C@@H](OCc4ccccc4)[C@H]3OCc3ccccc3)c2n1. The van der Waals surface area contributed by atoms with Crippen molar-refractivity contribution >= 4 is 22.9 Å². The number of ether oxygens (including phenoxy) is 4. The van der Waals surface area contributed by atoms with E-state index < -0.39 is 35.4 Å². The summed E-state index contributed by atoms with van der Waals surface area (Å²) in [6.45, 7) is 1.99. The summed E-state index contributed by atoms with van der Waals surface area (Å²) in [5.74, 6) is -0.220. The highest BCUT2D eigenvalue weighted by Gasteiger charge is 2.48. The molecule has 0 spiro atoms. The van der Waals surface area contributed by atoms with Crippen LogP contribution in [-0.2, 0) is 51.9 Å². The fraction of sp³-hybridized carbons (Fsp3) is 0.222. The highest BCUT2D eigenvalue weighted by molar-refractivity contribution is 5.84. The summed E-state index contributed by atoms with van der Waals surface area (Å²) in [7, 11) is 0. The lowest BCUT2D eigenvalue weighted by molar-refractivity contribution is -0.394. The van der Waals surface area contributed by atoms with Crippen molar-refractivity contribution in [3.8, 4) is 0 Å². The molecule has 1 aliphatic heterocycles. The van der Waals surface area contributed by atoms with Crippen molar-refractivity contribution in [3.63, 3.8) is 0 Å². The van der Waals surface area contributed by atoms with E-state index in [1.807, 2.05) is 157 Å². The number of benzene rings is 5. The molecule has 1 aliphatic rings. The van der Waals surface area contributed by atoms with Crippen LogP contribution in [0.2, 0.25) is 0 Å². The highest BCUT2D eigenvalue weighted by Crippen LogP contribution is 2.38. The first-order valence-corrected chi connectivity index (χ1v) is 18.9. The Labute approximate surface area is 330 Å². The first-order chi connectivity index (χ1) is 28.1. The van der Waals surface area contributed by atoms with Crippen molar-refractivity contribution in [2.45, 2.75) is 57.4 Å². The number of imidazole rings is 1. The molecule has 288 valence electrons. The average molecular weight is 763 g/mol. The Kier molecular flexibility index (Phi) is 11.9. The molecule has 5 aromatic carbocycles. The maximum atomic E-state index is 12.5. The molecule has 0 N–H and O–H groups in total. The molecule has 12 heteroatoms. The van der Waals surface area contributed by atoms with E-state index in [9.17, 15) is 10.1 Å². The van der Waals surface area contributed by atoms with Gasteiger partial charge in [0.15, 0.2) is 11.7 Å². The molecule has 57 heavy (non-hydrogen) atoms. The van der Waals surface area contributed by atoms with E-state index in [0.717, 1.165) is 27.8 Å². The molecule has 0 amide bonds. The van der Waals surface area contributed by atoms with Crippen molar-refractivity contribution in [1.29, 1.82) is 0 Å². The summed E-state index contributed by atoms with van der Waals surface area (Å²) in [6, 6.07) is 49.5. The normalized spacial score (nSPS) is 17.8. The Hall–Kier alpha value is -6.31. The van der Waals surface area contributed by atoms with Crippen LogP contribution in [0.1, 0.15) is 34.0 Å². The molecular weight excluding hydrogens is 721 g/mol. The molecule has 3 heterocycles. The van der Waals surface area contributed by atoms with Gasteiger partial charge in [-0.1, -0.05) is 152 Å². The van der Waals surface area contributed by atoms with E-state index in [4.69, 9.17) is 23.9 Å². The number of hydrogen-bond acceptors (Lipinski definition) is 10. The lowest BCUT2D eigenvalue weighted by Crippen LogP contribution is -2.38. The third-order valence-electron chi connectivity index (χ3n) is 9.81. The molecule has 0 unspecified atom stereocenters. The summed E-state index contributed by atoms with van der Waals surface area (Å²) >= 11 is 0. The van der Waals surface area contributed by atoms with Crippen molar-refractivity contribution in [2.24, 2.45) is 0 Å². The predicted molar refractivity (Wildman–Crippen MR) is 215 cm³/mol. The minimum atomic E-state index is -0.844. The molecule has 1 fully saturated rings. The van der Waals surface area contributed by atoms with Crippen LogP contribution in [0, 0.1) is 10.1 Å². The maximum absolute atomic E-state index is 12.5. The van der Waals surface area contributed by atoms with Gasteiger partial charge in [-0.2, -0.15) is 0 Å². The number of nitrogens with zero attached hydrogens (tertiary/aromatic N) is 6. The van der Waals surface area contributed by atoms with E-state index >= 15 is 0 Å². The molecule has 0 bridgehead atoms. The van der Waals surface area contributed by atoms with Gasteiger partial charge in [0.05, 0.1) is 26.4 Å². The second kappa shape index (κ2) is 18.1. The molecule has 8 rings (SSSR count). The Morgan fingerprint density at radius 1 is 0.632 bits per heavy atom. The van der Waals surface area contributed by atoms with Crippen molar-refractivity contribution in [1.82, 2.24) is 19.5 Å². The molecule has 4 atom stereocenters. The lowest BCUT2D eigenvalue weighted by atomic mass is 10.1. The number of fused-ring (bicyclic) bond motifs is 1. The van der Waals surface area contributed by atoms with E-state index in [0.29, 0.717) is 37.6 Å². The summed E-state index contributed by atoms with van der Waals surface area (Å²) in [5, 5.41) is 12.5.